The number of nitrogen functional groups attached to an aromatic ring is 1. The van der Waals surface area contributed by atoms with E-state index >= 15 is 0 Å². The van der Waals surface area contributed by atoms with Crippen molar-refractivity contribution in [3.05, 3.63) is 45.4 Å². The maximum absolute atomic E-state index is 5.81. The van der Waals surface area contributed by atoms with Gasteiger partial charge in [0.05, 0.1) is 20.9 Å². The molecule has 24 heavy (non-hydrogen) atoms. The van der Waals surface area contributed by atoms with Gasteiger partial charge in [-0.2, -0.15) is 0 Å². The minimum absolute atomic E-state index is 0.710. The van der Waals surface area contributed by atoms with E-state index in [-0.39, 0.29) is 0 Å². The summed E-state index contributed by atoms with van der Waals surface area (Å²) < 4.78 is 1.26. The molecule has 0 spiro atoms. The van der Waals surface area contributed by atoms with Gasteiger partial charge in [0, 0.05) is 30.9 Å². The zero-order valence-corrected chi connectivity index (χ0v) is 15.3. The SMILES string of the molecule is Cc1nc2ccc(C=CCN3CCc4nc(N)sc4CC3)cc2s1. The summed E-state index contributed by atoms with van der Waals surface area (Å²) in [6.07, 6.45) is 6.54. The molecule has 124 valence electrons. The molecule has 2 aromatic heterocycles. The molecule has 0 unspecified atom stereocenters. The second-order valence-electron chi connectivity index (χ2n) is 6.08. The molecule has 0 saturated carbocycles. The topological polar surface area (TPSA) is 55.0 Å². The number of nitrogens with zero attached hydrogens (tertiary/aromatic N) is 3. The maximum Gasteiger partial charge on any atom is 0.180 e. The molecule has 4 nitrogen and oxygen atoms in total. The zero-order valence-electron chi connectivity index (χ0n) is 13.7. The molecule has 0 amide bonds. The number of nitrogens with two attached hydrogens (primary N) is 1. The average molecular weight is 357 g/mol. The van der Waals surface area contributed by atoms with Gasteiger partial charge in [0.25, 0.3) is 0 Å². The van der Waals surface area contributed by atoms with Crippen LogP contribution < -0.4 is 5.73 Å². The van der Waals surface area contributed by atoms with Crippen molar-refractivity contribution in [1.82, 2.24) is 14.9 Å². The molecule has 0 atom stereocenters. The molecule has 1 aliphatic heterocycles. The predicted molar refractivity (Wildman–Crippen MR) is 104 cm³/mol. The Morgan fingerprint density at radius 2 is 2.08 bits per heavy atom. The zero-order chi connectivity index (χ0) is 16.5. The van der Waals surface area contributed by atoms with Gasteiger partial charge in [0.15, 0.2) is 5.13 Å². The first-order valence-electron chi connectivity index (χ1n) is 8.17. The van der Waals surface area contributed by atoms with Crippen molar-refractivity contribution in [1.29, 1.82) is 0 Å². The van der Waals surface area contributed by atoms with Crippen LogP contribution in [-0.2, 0) is 12.8 Å². The lowest BCUT2D eigenvalue weighted by Crippen LogP contribution is -2.26. The second kappa shape index (κ2) is 6.63. The number of thiazole rings is 2. The van der Waals surface area contributed by atoms with E-state index in [4.69, 9.17) is 5.73 Å². The summed E-state index contributed by atoms with van der Waals surface area (Å²) >= 11 is 3.40. The Morgan fingerprint density at radius 1 is 1.21 bits per heavy atom. The quantitative estimate of drug-likeness (QED) is 0.776. The fourth-order valence-corrected chi connectivity index (χ4v) is 4.85. The van der Waals surface area contributed by atoms with Gasteiger partial charge in [0.1, 0.15) is 0 Å². The highest BCUT2D eigenvalue weighted by Crippen LogP contribution is 2.25. The Morgan fingerprint density at radius 3 is 3.00 bits per heavy atom. The number of rotatable bonds is 3. The van der Waals surface area contributed by atoms with E-state index in [0.29, 0.717) is 5.13 Å². The Bertz CT molecular complexity index is 868. The van der Waals surface area contributed by atoms with E-state index in [1.54, 1.807) is 22.7 Å². The minimum Gasteiger partial charge on any atom is -0.375 e. The van der Waals surface area contributed by atoms with E-state index in [9.17, 15) is 0 Å². The van der Waals surface area contributed by atoms with Gasteiger partial charge < -0.3 is 5.73 Å². The van der Waals surface area contributed by atoms with Crippen molar-refractivity contribution < 1.29 is 0 Å². The Labute approximate surface area is 149 Å². The molecule has 1 aliphatic rings. The van der Waals surface area contributed by atoms with Crippen molar-refractivity contribution in [2.24, 2.45) is 0 Å². The summed E-state index contributed by atoms with van der Waals surface area (Å²) in [4.78, 5) is 12.8. The van der Waals surface area contributed by atoms with Crippen LogP contribution in [0.3, 0.4) is 0 Å². The highest BCUT2D eigenvalue weighted by molar-refractivity contribution is 7.18. The van der Waals surface area contributed by atoms with Crippen LogP contribution in [-0.4, -0.2) is 34.5 Å². The van der Waals surface area contributed by atoms with Crippen LogP contribution in [0.2, 0.25) is 0 Å². The number of anilines is 1. The van der Waals surface area contributed by atoms with Crippen molar-refractivity contribution in [2.45, 2.75) is 19.8 Å². The lowest BCUT2D eigenvalue weighted by Gasteiger charge is -2.17. The average Bonchev–Trinajstić information content (AvgIpc) is 3.04. The standard InChI is InChI=1S/C18H20N4S2/c1-12-20-14-5-4-13(11-17(14)23-12)3-2-8-22-9-6-15-16(7-10-22)24-18(19)21-15/h2-5,11H,6-10H2,1H3,(H2,19,21). The number of benzene rings is 1. The van der Waals surface area contributed by atoms with E-state index < -0.39 is 0 Å². The fraction of sp³-hybridized carbons (Fsp3) is 0.333. The number of aromatic nitrogens is 2. The Balaban J connectivity index is 1.39. The van der Waals surface area contributed by atoms with Crippen molar-refractivity contribution in [3.8, 4) is 0 Å². The van der Waals surface area contributed by atoms with Crippen LogP contribution in [0.5, 0.6) is 0 Å². The van der Waals surface area contributed by atoms with Gasteiger partial charge in [-0.3, -0.25) is 4.90 Å². The van der Waals surface area contributed by atoms with Gasteiger partial charge in [-0.05, 0) is 31.0 Å². The molecular formula is C18H20N4S2. The van der Waals surface area contributed by atoms with Gasteiger partial charge in [-0.1, -0.05) is 18.2 Å². The van der Waals surface area contributed by atoms with Crippen molar-refractivity contribution in [2.75, 3.05) is 25.4 Å². The normalized spacial score (nSPS) is 15.9. The van der Waals surface area contributed by atoms with Crippen LogP contribution in [0.15, 0.2) is 24.3 Å². The molecule has 6 heteroatoms. The summed E-state index contributed by atoms with van der Waals surface area (Å²) in [5.41, 5.74) is 9.35. The third-order valence-corrected chi connectivity index (χ3v) is 6.23. The molecule has 0 bridgehead atoms. The molecule has 1 aromatic carbocycles. The molecule has 4 rings (SSSR count). The molecular weight excluding hydrogens is 336 g/mol. The molecule has 3 aromatic rings. The van der Waals surface area contributed by atoms with E-state index in [1.807, 2.05) is 0 Å². The third-order valence-electron chi connectivity index (χ3n) is 4.31. The van der Waals surface area contributed by atoms with E-state index in [1.165, 1.54) is 20.8 Å². The Hall–Kier alpha value is -1.76. The number of fused-ring (bicyclic) bond motifs is 2. The third kappa shape index (κ3) is 3.36. The summed E-state index contributed by atoms with van der Waals surface area (Å²) in [6.45, 7) is 5.16. The number of aryl methyl sites for hydroxylation is 1. The van der Waals surface area contributed by atoms with Crippen LogP contribution in [0, 0.1) is 6.92 Å². The van der Waals surface area contributed by atoms with E-state index in [2.05, 4.69) is 52.1 Å². The van der Waals surface area contributed by atoms with Gasteiger partial charge >= 0.3 is 0 Å². The minimum atomic E-state index is 0.710. The summed E-state index contributed by atoms with van der Waals surface area (Å²) in [6, 6.07) is 6.48. The fourth-order valence-electron chi connectivity index (χ4n) is 3.11. The highest BCUT2D eigenvalue weighted by Gasteiger charge is 2.16. The van der Waals surface area contributed by atoms with Gasteiger partial charge in [-0.25, -0.2) is 9.97 Å². The van der Waals surface area contributed by atoms with E-state index in [0.717, 1.165) is 43.0 Å². The van der Waals surface area contributed by atoms with Crippen LogP contribution in [0.4, 0.5) is 5.13 Å². The van der Waals surface area contributed by atoms with Crippen LogP contribution >= 0.6 is 22.7 Å². The Kier molecular flexibility index (Phi) is 4.35. The molecule has 0 fully saturated rings. The van der Waals surface area contributed by atoms with Gasteiger partial charge in [-0.15, -0.1) is 22.7 Å². The number of hydrogen-bond acceptors (Lipinski definition) is 6. The molecule has 3 heterocycles. The summed E-state index contributed by atoms with van der Waals surface area (Å²) in [5.74, 6) is 0. The summed E-state index contributed by atoms with van der Waals surface area (Å²) in [7, 11) is 0. The maximum atomic E-state index is 5.81. The monoisotopic (exact) mass is 356 g/mol. The van der Waals surface area contributed by atoms with Crippen molar-refractivity contribution >= 4 is 44.1 Å². The molecule has 2 N–H and O–H groups in total. The lowest BCUT2D eigenvalue weighted by molar-refractivity contribution is 0.318. The van der Waals surface area contributed by atoms with Crippen LogP contribution in [0.1, 0.15) is 21.1 Å². The smallest absolute Gasteiger partial charge is 0.180 e. The lowest BCUT2D eigenvalue weighted by atomic mass is 10.2. The van der Waals surface area contributed by atoms with Gasteiger partial charge in [0.2, 0.25) is 0 Å². The first-order valence-corrected chi connectivity index (χ1v) is 9.81. The molecule has 0 saturated heterocycles. The first kappa shape index (κ1) is 15.7. The predicted octanol–water partition coefficient (Wildman–Crippen LogP) is 3.76. The van der Waals surface area contributed by atoms with Crippen molar-refractivity contribution in [3.63, 3.8) is 0 Å². The van der Waals surface area contributed by atoms with Crippen LogP contribution in [0.25, 0.3) is 16.3 Å². The molecule has 0 aliphatic carbocycles. The largest absolute Gasteiger partial charge is 0.375 e. The number of hydrogen-bond donors (Lipinski definition) is 1. The highest BCUT2D eigenvalue weighted by atomic mass is 32.1. The summed E-state index contributed by atoms with van der Waals surface area (Å²) in [5, 5.41) is 1.83. The second-order valence-corrected chi connectivity index (χ2v) is 8.43. The molecule has 0 radical (unpaired) electrons. The first-order chi connectivity index (χ1) is 11.7.